The molecule has 128 valence electrons. The van der Waals surface area contributed by atoms with Gasteiger partial charge in [0.05, 0.1) is 0 Å². The molecule has 0 heterocycles. The first-order valence-corrected chi connectivity index (χ1v) is 7.49. The first kappa shape index (κ1) is 20.2. The first-order valence-electron chi connectivity index (χ1n) is 7.49. The maximum Gasteiger partial charge on any atom is 0.407 e. The molecule has 0 aliphatic carbocycles. The van der Waals surface area contributed by atoms with Crippen LogP contribution in [0.4, 0.5) is 4.79 Å². The number of carbonyl (C=O) groups excluding carboxylic acids is 3. The van der Waals surface area contributed by atoms with Gasteiger partial charge in [-0.05, 0) is 40.2 Å². The minimum absolute atomic E-state index is 0.0483. The van der Waals surface area contributed by atoms with Crippen LogP contribution in [0.15, 0.2) is 0 Å². The highest BCUT2D eigenvalue weighted by Gasteiger charge is 2.15. The van der Waals surface area contributed by atoms with Gasteiger partial charge in [-0.15, -0.1) is 0 Å². The van der Waals surface area contributed by atoms with Crippen molar-refractivity contribution in [2.45, 2.75) is 58.5 Å². The van der Waals surface area contributed by atoms with Crippen molar-refractivity contribution in [2.24, 2.45) is 5.73 Å². The Bertz CT molecular complexity index is 366. The number of unbranched alkanes of at least 4 members (excludes halogenated alkanes) is 2. The summed E-state index contributed by atoms with van der Waals surface area (Å²) in [6.45, 7) is 6.00. The van der Waals surface area contributed by atoms with E-state index in [9.17, 15) is 14.4 Å². The van der Waals surface area contributed by atoms with Crippen LogP contribution in [0.5, 0.6) is 0 Å². The molecule has 0 aliphatic heterocycles. The molecule has 0 aromatic rings. The van der Waals surface area contributed by atoms with Gasteiger partial charge in [-0.1, -0.05) is 6.42 Å². The smallest absolute Gasteiger partial charge is 0.407 e. The number of hydrogen-bond acceptors (Lipinski definition) is 5. The number of carbonyl (C=O) groups is 3. The van der Waals surface area contributed by atoms with Crippen molar-refractivity contribution in [3.8, 4) is 0 Å². The van der Waals surface area contributed by atoms with Crippen molar-refractivity contribution in [3.05, 3.63) is 0 Å². The Morgan fingerprint density at radius 2 is 1.55 bits per heavy atom. The largest absolute Gasteiger partial charge is 0.444 e. The zero-order valence-corrected chi connectivity index (χ0v) is 13.7. The lowest BCUT2D eigenvalue weighted by Gasteiger charge is -2.19. The number of amides is 3. The zero-order valence-electron chi connectivity index (χ0n) is 13.7. The van der Waals surface area contributed by atoms with Crippen molar-refractivity contribution in [1.29, 1.82) is 0 Å². The summed E-state index contributed by atoms with van der Waals surface area (Å²) in [5, 5.41) is 2.46. The quantitative estimate of drug-likeness (QED) is 0.385. The molecule has 0 unspecified atom stereocenters. The summed E-state index contributed by atoms with van der Waals surface area (Å²) in [6, 6.07) is 0. The first-order chi connectivity index (χ1) is 10.2. The van der Waals surface area contributed by atoms with E-state index in [-0.39, 0.29) is 24.8 Å². The fourth-order valence-electron chi connectivity index (χ4n) is 1.46. The average Bonchev–Trinajstić information content (AvgIpc) is 2.39. The normalized spacial score (nSPS) is 10.7. The Hall–Kier alpha value is -1.83. The summed E-state index contributed by atoms with van der Waals surface area (Å²) in [5.74, 6) is -0.628. The fourth-order valence-corrected chi connectivity index (χ4v) is 1.46. The van der Waals surface area contributed by atoms with Crippen LogP contribution < -0.4 is 21.9 Å². The highest BCUT2D eigenvalue weighted by molar-refractivity contribution is 5.82. The van der Waals surface area contributed by atoms with E-state index in [0.29, 0.717) is 13.0 Å². The van der Waals surface area contributed by atoms with Gasteiger partial charge in [-0.25, -0.2) is 4.79 Å². The van der Waals surface area contributed by atoms with E-state index < -0.39 is 11.7 Å². The third-order valence-corrected chi connectivity index (χ3v) is 2.47. The van der Waals surface area contributed by atoms with Gasteiger partial charge in [0.15, 0.2) is 0 Å². The molecule has 0 spiro atoms. The van der Waals surface area contributed by atoms with Gasteiger partial charge in [0, 0.05) is 19.4 Å². The van der Waals surface area contributed by atoms with E-state index in [2.05, 4.69) is 16.2 Å². The molecule has 22 heavy (non-hydrogen) atoms. The second kappa shape index (κ2) is 10.8. The summed E-state index contributed by atoms with van der Waals surface area (Å²) < 4.78 is 5.02. The zero-order chi connectivity index (χ0) is 17.0. The van der Waals surface area contributed by atoms with Crippen molar-refractivity contribution in [2.75, 3.05) is 13.1 Å². The van der Waals surface area contributed by atoms with Crippen LogP contribution in [-0.2, 0) is 14.3 Å². The number of nitrogens with one attached hydrogen (secondary N) is 3. The SMILES string of the molecule is CC(C)(C)OC(=O)NCCC(=O)NNC(=O)CCCCCN. The summed E-state index contributed by atoms with van der Waals surface area (Å²) in [6.07, 6.45) is 2.32. The van der Waals surface area contributed by atoms with Crippen molar-refractivity contribution in [3.63, 3.8) is 0 Å². The molecule has 0 atom stereocenters. The topological polar surface area (TPSA) is 123 Å². The highest BCUT2D eigenvalue weighted by Crippen LogP contribution is 2.06. The molecular weight excluding hydrogens is 288 g/mol. The van der Waals surface area contributed by atoms with Gasteiger partial charge in [0.25, 0.3) is 0 Å². The lowest BCUT2D eigenvalue weighted by atomic mass is 10.2. The van der Waals surface area contributed by atoms with E-state index >= 15 is 0 Å². The van der Waals surface area contributed by atoms with Gasteiger partial charge < -0.3 is 15.8 Å². The molecule has 3 amide bonds. The second-order valence-electron chi connectivity index (χ2n) is 5.87. The molecule has 0 radical (unpaired) electrons. The number of hydrazine groups is 1. The van der Waals surface area contributed by atoms with E-state index in [0.717, 1.165) is 19.3 Å². The summed E-state index contributed by atoms with van der Waals surface area (Å²) in [7, 11) is 0. The monoisotopic (exact) mass is 316 g/mol. The lowest BCUT2D eigenvalue weighted by molar-refractivity contribution is -0.128. The summed E-state index contributed by atoms with van der Waals surface area (Å²) in [5.41, 5.74) is 9.38. The predicted octanol–water partition coefficient (Wildman–Crippen LogP) is 0.568. The summed E-state index contributed by atoms with van der Waals surface area (Å²) >= 11 is 0. The van der Waals surface area contributed by atoms with Crippen LogP contribution >= 0.6 is 0 Å². The molecule has 8 nitrogen and oxygen atoms in total. The van der Waals surface area contributed by atoms with Crippen molar-refractivity contribution < 1.29 is 19.1 Å². The number of alkyl carbamates (subject to hydrolysis) is 1. The lowest BCUT2D eigenvalue weighted by Crippen LogP contribution is -2.43. The van der Waals surface area contributed by atoms with Gasteiger partial charge in [0.1, 0.15) is 5.60 Å². The summed E-state index contributed by atoms with van der Waals surface area (Å²) in [4.78, 5) is 34.2. The second-order valence-corrected chi connectivity index (χ2v) is 5.87. The standard InChI is InChI=1S/C14H28N4O4/c1-14(2,3)22-13(21)16-10-8-12(20)18-17-11(19)7-5-4-6-9-15/h4-10,15H2,1-3H3,(H,16,21)(H,17,19)(H,18,20). The molecule has 0 aromatic heterocycles. The maximum absolute atomic E-state index is 11.5. The van der Waals surface area contributed by atoms with E-state index in [1.54, 1.807) is 20.8 Å². The maximum atomic E-state index is 11.5. The van der Waals surface area contributed by atoms with E-state index in [1.807, 2.05) is 0 Å². The molecule has 0 bridgehead atoms. The third-order valence-electron chi connectivity index (χ3n) is 2.47. The minimum atomic E-state index is -0.579. The Morgan fingerprint density at radius 1 is 0.955 bits per heavy atom. The molecule has 8 heteroatoms. The molecule has 0 fully saturated rings. The minimum Gasteiger partial charge on any atom is -0.444 e. The Balaban J connectivity index is 3.65. The molecule has 0 saturated carbocycles. The number of rotatable bonds is 8. The fraction of sp³-hybridized carbons (Fsp3) is 0.786. The number of nitrogens with two attached hydrogens (primary N) is 1. The van der Waals surface area contributed by atoms with E-state index in [4.69, 9.17) is 10.5 Å². The Kier molecular flexibility index (Phi) is 9.93. The molecule has 0 rings (SSSR count). The predicted molar refractivity (Wildman–Crippen MR) is 82.7 cm³/mol. The number of ether oxygens (including phenoxy) is 1. The number of hydrogen-bond donors (Lipinski definition) is 4. The van der Waals surface area contributed by atoms with Crippen LogP contribution in [0.1, 0.15) is 52.9 Å². The van der Waals surface area contributed by atoms with Crippen LogP contribution in [0.25, 0.3) is 0 Å². The molecule has 0 aromatic carbocycles. The van der Waals surface area contributed by atoms with Crippen molar-refractivity contribution in [1.82, 2.24) is 16.2 Å². The molecular formula is C14H28N4O4. The van der Waals surface area contributed by atoms with Gasteiger partial charge >= 0.3 is 6.09 Å². The third kappa shape index (κ3) is 13.2. The van der Waals surface area contributed by atoms with Crippen LogP contribution in [0, 0.1) is 0 Å². The van der Waals surface area contributed by atoms with Gasteiger partial charge in [0.2, 0.25) is 11.8 Å². The Labute approximate surface area is 131 Å². The molecule has 0 aliphatic rings. The molecule has 5 N–H and O–H groups in total. The Morgan fingerprint density at radius 3 is 2.09 bits per heavy atom. The average molecular weight is 316 g/mol. The van der Waals surface area contributed by atoms with Crippen molar-refractivity contribution >= 4 is 17.9 Å². The highest BCUT2D eigenvalue weighted by atomic mass is 16.6. The van der Waals surface area contributed by atoms with Crippen LogP contribution in [0.3, 0.4) is 0 Å². The van der Waals surface area contributed by atoms with E-state index in [1.165, 1.54) is 0 Å². The van der Waals surface area contributed by atoms with Gasteiger partial charge in [-0.2, -0.15) is 0 Å². The van der Waals surface area contributed by atoms with Gasteiger partial charge in [-0.3, -0.25) is 20.4 Å². The molecule has 0 saturated heterocycles. The van der Waals surface area contributed by atoms with Crippen LogP contribution in [-0.4, -0.2) is 36.6 Å². The van der Waals surface area contributed by atoms with Crippen LogP contribution in [0.2, 0.25) is 0 Å².